The van der Waals surface area contributed by atoms with Gasteiger partial charge in [-0.15, -0.1) is 0 Å². The number of hydrogen-bond acceptors (Lipinski definition) is 3. The molecule has 1 aliphatic heterocycles. The van der Waals surface area contributed by atoms with Crippen LogP contribution in [0.15, 0.2) is 24.3 Å². The molecule has 2 amide bonds. The van der Waals surface area contributed by atoms with Gasteiger partial charge in [0.25, 0.3) is 0 Å². The Balaban J connectivity index is 2.19. The van der Waals surface area contributed by atoms with E-state index in [0.717, 1.165) is 25.0 Å². The van der Waals surface area contributed by atoms with Crippen LogP contribution in [-0.4, -0.2) is 46.2 Å². The molecule has 3 N–H and O–H groups in total. The van der Waals surface area contributed by atoms with Crippen LogP contribution in [0.2, 0.25) is 0 Å². The van der Waals surface area contributed by atoms with Crippen LogP contribution in [-0.2, 0) is 4.79 Å². The fraction of sp³-hybridized carbons (Fsp3) is 0.429. The van der Waals surface area contributed by atoms with Crippen LogP contribution in [0.4, 0.5) is 9.18 Å². The topological polar surface area (TPSA) is 89.9 Å². The van der Waals surface area contributed by atoms with Gasteiger partial charge in [-0.3, -0.25) is 4.79 Å². The van der Waals surface area contributed by atoms with Gasteiger partial charge in [-0.2, -0.15) is 0 Å². The molecule has 0 spiro atoms. The first-order chi connectivity index (χ1) is 9.99. The van der Waals surface area contributed by atoms with Gasteiger partial charge in [0.2, 0.25) is 5.91 Å². The summed E-state index contributed by atoms with van der Waals surface area (Å²) in [6.07, 6.45) is -1.04. The number of carbonyl (C=O) groups excluding carboxylic acids is 1. The van der Waals surface area contributed by atoms with E-state index >= 15 is 0 Å². The quantitative estimate of drug-likeness (QED) is 0.776. The summed E-state index contributed by atoms with van der Waals surface area (Å²) in [4.78, 5) is 24.7. The highest BCUT2D eigenvalue weighted by atomic mass is 19.1. The van der Waals surface area contributed by atoms with Gasteiger partial charge in [-0.05, 0) is 30.5 Å². The molecule has 0 aliphatic carbocycles. The van der Waals surface area contributed by atoms with E-state index in [1.54, 1.807) is 0 Å². The van der Waals surface area contributed by atoms with Crippen LogP contribution in [0, 0.1) is 5.82 Å². The molecular weight excluding hydrogens is 279 g/mol. The van der Waals surface area contributed by atoms with E-state index in [1.165, 1.54) is 17.0 Å². The number of carbonyl (C=O) groups is 2. The summed E-state index contributed by atoms with van der Waals surface area (Å²) < 4.78 is 12.9. The van der Waals surface area contributed by atoms with Gasteiger partial charge in [0.1, 0.15) is 18.0 Å². The van der Waals surface area contributed by atoms with E-state index in [-0.39, 0.29) is 5.56 Å². The lowest BCUT2D eigenvalue weighted by molar-refractivity contribution is -0.135. The lowest BCUT2D eigenvalue weighted by Gasteiger charge is -2.26. The van der Waals surface area contributed by atoms with Crippen molar-refractivity contribution in [2.75, 3.05) is 13.1 Å². The van der Waals surface area contributed by atoms with E-state index in [1.807, 2.05) is 0 Å². The van der Waals surface area contributed by atoms with E-state index in [4.69, 9.17) is 5.11 Å². The van der Waals surface area contributed by atoms with Gasteiger partial charge in [0, 0.05) is 13.1 Å². The third kappa shape index (κ3) is 3.69. The van der Waals surface area contributed by atoms with Crippen molar-refractivity contribution in [1.29, 1.82) is 0 Å². The first-order valence-electron chi connectivity index (χ1n) is 6.71. The van der Waals surface area contributed by atoms with Gasteiger partial charge in [-0.1, -0.05) is 12.1 Å². The number of rotatable bonds is 4. The zero-order valence-corrected chi connectivity index (χ0v) is 11.3. The van der Waals surface area contributed by atoms with Gasteiger partial charge in [0.05, 0.1) is 0 Å². The van der Waals surface area contributed by atoms with Crippen molar-refractivity contribution in [3.05, 3.63) is 35.6 Å². The second-order valence-corrected chi connectivity index (χ2v) is 4.96. The van der Waals surface area contributed by atoms with E-state index in [0.29, 0.717) is 13.1 Å². The van der Waals surface area contributed by atoms with Crippen molar-refractivity contribution in [3.8, 4) is 0 Å². The Morgan fingerprint density at radius 2 is 1.76 bits per heavy atom. The molecular formula is C14H17FN2O4. The Kier molecular flexibility index (Phi) is 4.74. The van der Waals surface area contributed by atoms with E-state index in [9.17, 15) is 19.1 Å². The van der Waals surface area contributed by atoms with Crippen LogP contribution < -0.4 is 5.32 Å². The average Bonchev–Trinajstić information content (AvgIpc) is 2.98. The molecule has 1 saturated heterocycles. The fourth-order valence-corrected chi connectivity index (χ4v) is 2.40. The van der Waals surface area contributed by atoms with Crippen molar-refractivity contribution >= 4 is 12.0 Å². The second kappa shape index (κ2) is 6.53. The molecule has 2 atom stereocenters. The summed E-state index contributed by atoms with van der Waals surface area (Å²) in [5.74, 6) is -0.939. The van der Waals surface area contributed by atoms with Crippen molar-refractivity contribution in [2.24, 2.45) is 0 Å². The monoisotopic (exact) mass is 296 g/mol. The maximum atomic E-state index is 12.9. The Hall–Kier alpha value is -2.15. The minimum atomic E-state index is -1.39. The third-order valence-corrected chi connectivity index (χ3v) is 3.49. The molecule has 0 saturated carbocycles. The maximum Gasteiger partial charge on any atom is 0.405 e. The number of nitrogens with zero attached hydrogens (tertiary/aromatic N) is 1. The van der Waals surface area contributed by atoms with Crippen LogP contribution >= 0.6 is 0 Å². The number of carboxylic acid groups (broad SMARTS) is 1. The number of nitrogens with one attached hydrogen (secondary N) is 1. The zero-order chi connectivity index (χ0) is 15.4. The van der Waals surface area contributed by atoms with Gasteiger partial charge >= 0.3 is 6.09 Å². The highest BCUT2D eigenvalue weighted by molar-refractivity contribution is 5.86. The fourth-order valence-electron chi connectivity index (χ4n) is 2.40. The molecule has 2 rings (SSSR count). The molecule has 0 bridgehead atoms. The van der Waals surface area contributed by atoms with Gasteiger partial charge in [-0.25, -0.2) is 9.18 Å². The molecule has 0 aromatic heterocycles. The summed E-state index contributed by atoms with van der Waals surface area (Å²) in [6.45, 7) is 1.10. The van der Waals surface area contributed by atoms with Gasteiger partial charge < -0.3 is 20.4 Å². The first kappa shape index (κ1) is 15.2. The third-order valence-electron chi connectivity index (χ3n) is 3.49. The normalized spacial score (nSPS) is 17.3. The van der Waals surface area contributed by atoms with Gasteiger partial charge in [0.15, 0.2) is 0 Å². The average molecular weight is 296 g/mol. The second-order valence-electron chi connectivity index (χ2n) is 4.96. The van der Waals surface area contributed by atoms with E-state index < -0.39 is 30.0 Å². The Morgan fingerprint density at radius 3 is 2.29 bits per heavy atom. The lowest BCUT2D eigenvalue weighted by Crippen LogP contribution is -2.50. The standard InChI is InChI=1S/C14H17FN2O4/c15-10-5-3-9(4-6-10)12(18)11(16-14(20)21)13(19)17-7-1-2-8-17/h3-6,11-12,16,18H,1-2,7-8H2,(H,20,21). The smallest absolute Gasteiger partial charge is 0.405 e. The van der Waals surface area contributed by atoms with Crippen molar-refractivity contribution in [2.45, 2.75) is 25.0 Å². The number of likely N-dealkylation sites (tertiary alicyclic amines) is 1. The molecule has 114 valence electrons. The minimum absolute atomic E-state index is 0.280. The highest BCUT2D eigenvalue weighted by Crippen LogP contribution is 2.20. The largest absolute Gasteiger partial charge is 0.465 e. The Labute approximate surface area is 121 Å². The highest BCUT2D eigenvalue weighted by Gasteiger charge is 2.34. The molecule has 2 unspecified atom stereocenters. The summed E-state index contributed by atoms with van der Waals surface area (Å²) in [6, 6.07) is 3.65. The number of halogens is 1. The molecule has 1 heterocycles. The summed E-state index contributed by atoms with van der Waals surface area (Å²) in [5.41, 5.74) is 0.280. The first-order valence-corrected chi connectivity index (χ1v) is 6.71. The predicted molar refractivity (Wildman–Crippen MR) is 72.1 cm³/mol. The predicted octanol–water partition coefficient (Wildman–Crippen LogP) is 1.12. The summed E-state index contributed by atoms with van der Waals surface area (Å²) >= 11 is 0. The number of amides is 2. The number of hydrogen-bond donors (Lipinski definition) is 3. The number of benzene rings is 1. The number of aliphatic hydroxyl groups excluding tert-OH is 1. The van der Waals surface area contributed by atoms with Crippen molar-refractivity contribution in [1.82, 2.24) is 10.2 Å². The van der Waals surface area contributed by atoms with Crippen LogP contribution in [0.5, 0.6) is 0 Å². The van der Waals surface area contributed by atoms with E-state index in [2.05, 4.69) is 5.32 Å². The molecule has 1 aliphatic rings. The molecule has 1 aromatic rings. The maximum absolute atomic E-state index is 12.9. The minimum Gasteiger partial charge on any atom is -0.465 e. The SMILES string of the molecule is O=C(O)NC(C(=O)N1CCCC1)C(O)c1ccc(F)cc1. The Bertz CT molecular complexity index is 514. The Morgan fingerprint density at radius 1 is 1.19 bits per heavy atom. The molecule has 7 heteroatoms. The zero-order valence-electron chi connectivity index (χ0n) is 11.3. The summed E-state index contributed by atoms with van der Waals surface area (Å²) in [7, 11) is 0. The summed E-state index contributed by atoms with van der Waals surface area (Å²) in [5, 5.41) is 21.2. The molecule has 1 aromatic carbocycles. The molecule has 6 nitrogen and oxygen atoms in total. The molecule has 0 radical (unpaired) electrons. The van der Waals surface area contributed by atoms with Crippen molar-refractivity contribution in [3.63, 3.8) is 0 Å². The van der Waals surface area contributed by atoms with Crippen LogP contribution in [0.3, 0.4) is 0 Å². The lowest BCUT2D eigenvalue weighted by atomic mass is 10.0. The van der Waals surface area contributed by atoms with Crippen molar-refractivity contribution < 1.29 is 24.2 Å². The van der Waals surface area contributed by atoms with Crippen LogP contribution in [0.1, 0.15) is 24.5 Å². The molecule has 21 heavy (non-hydrogen) atoms. The number of aliphatic hydroxyl groups is 1. The molecule has 1 fully saturated rings. The van der Waals surface area contributed by atoms with Crippen LogP contribution in [0.25, 0.3) is 0 Å².